The minimum atomic E-state index is 0. The molecule has 256 valence electrons. The van der Waals surface area contributed by atoms with Crippen LogP contribution in [0.2, 0.25) is 0 Å². The highest BCUT2D eigenvalue weighted by molar-refractivity contribution is 5.64. The topological polar surface area (TPSA) is 89.4 Å². The second-order valence-corrected chi connectivity index (χ2v) is 12.5. The van der Waals surface area contributed by atoms with Crippen molar-refractivity contribution in [2.75, 3.05) is 0 Å². The smallest absolute Gasteiger partial charge is 0.308 e. The number of rotatable bonds is 32. The van der Waals surface area contributed by atoms with Gasteiger partial charge in [-0.05, 0) is 12.8 Å². The van der Waals surface area contributed by atoms with Crippen molar-refractivity contribution in [3.8, 4) is 0 Å². The molecule has 0 aliphatic heterocycles. The first-order valence-electron chi connectivity index (χ1n) is 18.2. The Morgan fingerprint density at radius 2 is 0.452 bits per heavy atom. The van der Waals surface area contributed by atoms with Gasteiger partial charge in [-0.1, -0.05) is 194 Å². The van der Waals surface area contributed by atoms with Gasteiger partial charge in [-0.2, -0.15) is 0 Å². The lowest BCUT2D eigenvalue weighted by atomic mass is 10.0. The lowest BCUT2D eigenvalue weighted by Crippen LogP contribution is -3.00. The summed E-state index contributed by atoms with van der Waals surface area (Å²) < 4.78 is 0. The van der Waals surface area contributed by atoms with E-state index in [2.05, 4.69) is 25.3 Å². The van der Waals surface area contributed by atoms with Crippen molar-refractivity contribution in [2.24, 2.45) is 0 Å². The highest BCUT2D eigenvalue weighted by Crippen LogP contribution is 2.15. The Morgan fingerprint density at radius 3 is 0.595 bits per heavy atom. The van der Waals surface area contributed by atoms with Gasteiger partial charge in [0.15, 0.2) is 0 Å². The third-order valence-electron chi connectivity index (χ3n) is 8.12. The van der Waals surface area contributed by atoms with Crippen molar-refractivity contribution in [3.05, 3.63) is 0 Å². The van der Waals surface area contributed by atoms with Crippen LogP contribution in [0.3, 0.4) is 0 Å². The summed E-state index contributed by atoms with van der Waals surface area (Å²) in [5.41, 5.74) is 6.81. The molecule has 0 saturated heterocycles. The van der Waals surface area contributed by atoms with Crippen LogP contribution < -0.4 is 36.3 Å². The number of hydrogen-bond acceptors (Lipinski definition) is 2. The van der Waals surface area contributed by atoms with Crippen molar-refractivity contribution in [3.63, 3.8) is 0 Å². The number of carbonyl (C=O) groups is 2. The maximum absolute atomic E-state index is 10.7. The predicted molar refractivity (Wildman–Crippen MR) is 175 cm³/mol. The van der Waals surface area contributed by atoms with Crippen molar-refractivity contribution < 1.29 is 45.9 Å². The fourth-order valence-corrected chi connectivity index (χ4v) is 5.39. The average molecular weight is 640 g/mol. The Bertz CT molecular complexity index is 463. The van der Waals surface area contributed by atoms with Crippen molar-refractivity contribution in [1.29, 1.82) is 0 Å². The zero-order chi connectivity index (χ0) is 29.8. The van der Waals surface area contributed by atoms with E-state index in [0.717, 1.165) is 12.8 Å². The van der Waals surface area contributed by atoms with Crippen molar-refractivity contribution in [2.45, 2.75) is 219 Å². The first-order chi connectivity index (χ1) is 19.5. The van der Waals surface area contributed by atoms with Crippen LogP contribution >= 0.6 is 0 Å². The van der Waals surface area contributed by atoms with Gasteiger partial charge in [-0.15, -0.1) is 0 Å². The van der Waals surface area contributed by atoms with E-state index < -0.39 is 0 Å². The zero-order valence-corrected chi connectivity index (χ0v) is 30.1. The molecule has 4 nitrogen and oxygen atoms in total. The van der Waals surface area contributed by atoms with Gasteiger partial charge in [0.25, 0.3) is 0 Å². The Balaban J connectivity index is -0.000000328. The average Bonchev–Trinajstić information content (AvgIpc) is 2.93. The molecule has 0 rings (SSSR count). The van der Waals surface area contributed by atoms with E-state index in [-0.39, 0.29) is 36.6 Å². The van der Waals surface area contributed by atoms with Gasteiger partial charge in [0.1, 0.15) is 0 Å². The summed E-state index contributed by atoms with van der Waals surface area (Å²) in [5.74, 6) is 0.194. The molecule has 0 unspecified atom stereocenters. The van der Waals surface area contributed by atoms with E-state index >= 15 is 0 Å². The first kappa shape index (κ1) is 48.7. The van der Waals surface area contributed by atoms with E-state index in [1.165, 1.54) is 180 Å². The fourth-order valence-electron chi connectivity index (χ4n) is 5.39. The van der Waals surface area contributed by atoms with Gasteiger partial charge in [0.2, 0.25) is 0 Å². The maximum Gasteiger partial charge on any atom is 0.308 e. The normalized spacial score (nSPS) is 10.4. The molecular formula is C36H76Cl2N2O2. The number of halogens is 2. The quantitative estimate of drug-likeness (QED) is 0.109. The van der Waals surface area contributed by atoms with Gasteiger partial charge >= 0.3 is 11.8 Å². The van der Waals surface area contributed by atoms with Crippen LogP contribution in [0.1, 0.15) is 219 Å². The molecule has 0 aromatic carbocycles. The molecular weight excluding hydrogens is 563 g/mol. The summed E-state index contributed by atoms with van der Waals surface area (Å²) in [5, 5.41) is 0. The van der Waals surface area contributed by atoms with Gasteiger partial charge in [-0.3, -0.25) is 11.5 Å². The molecule has 0 bridgehead atoms. The second kappa shape index (κ2) is 45.3. The Hall–Kier alpha value is -0.160. The minimum absolute atomic E-state index is 0. The molecule has 0 aromatic heterocycles. The highest BCUT2D eigenvalue weighted by atomic mass is 35.5. The fraction of sp³-hybridized carbons (Fsp3) is 0.944. The van der Waals surface area contributed by atoms with Gasteiger partial charge in [-0.25, -0.2) is 9.59 Å². The lowest BCUT2D eigenvalue weighted by Gasteiger charge is -2.03. The Morgan fingerprint density at radius 1 is 0.310 bits per heavy atom. The molecule has 0 saturated carbocycles. The molecule has 0 radical (unpaired) electrons. The second-order valence-electron chi connectivity index (χ2n) is 12.5. The molecule has 0 aliphatic carbocycles. The van der Waals surface area contributed by atoms with Crippen LogP contribution in [0.15, 0.2) is 0 Å². The van der Waals surface area contributed by atoms with Gasteiger partial charge in [0.05, 0.1) is 12.8 Å². The number of unbranched alkanes of at least 4 members (excludes halogenated alkanes) is 28. The van der Waals surface area contributed by atoms with Crippen molar-refractivity contribution in [1.82, 2.24) is 0 Å². The molecule has 0 fully saturated rings. The summed E-state index contributed by atoms with van der Waals surface area (Å²) in [4.78, 5) is 21.3. The summed E-state index contributed by atoms with van der Waals surface area (Å²) in [6.45, 7) is 4.56. The van der Waals surface area contributed by atoms with Crippen molar-refractivity contribution >= 4 is 11.8 Å². The van der Waals surface area contributed by atoms with Crippen LogP contribution in [0.4, 0.5) is 0 Å². The van der Waals surface area contributed by atoms with Crippen LogP contribution in [-0.4, -0.2) is 11.8 Å². The van der Waals surface area contributed by atoms with E-state index in [4.69, 9.17) is 0 Å². The number of hydrogen-bond donors (Lipinski definition) is 2. The summed E-state index contributed by atoms with van der Waals surface area (Å²) >= 11 is 0. The number of carbonyl (C=O) groups excluding carboxylic acids is 2. The molecule has 6 N–H and O–H groups in total. The zero-order valence-electron chi connectivity index (χ0n) is 28.6. The third-order valence-corrected chi connectivity index (χ3v) is 8.12. The van der Waals surface area contributed by atoms with E-state index in [1.54, 1.807) is 0 Å². The Labute approximate surface area is 276 Å². The van der Waals surface area contributed by atoms with Crippen LogP contribution in [0.5, 0.6) is 0 Å². The summed E-state index contributed by atoms with van der Waals surface area (Å²) in [6.07, 6.45) is 42.4. The minimum Gasteiger partial charge on any atom is -1.00 e. The van der Waals surface area contributed by atoms with E-state index in [1.807, 2.05) is 0 Å². The first-order valence-corrected chi connectivity index (χ1v) is 18.2. The standard InChI is InChI=1S/2C18H37NO.2ClH/c2*1-2-3-4-5-6-7-8-9-10-11-12-13-14-15-16-17-18(19)20;;/h2*2-17H2,1H3,(H2,19,20);2*1H. The summed E-state index contributed by atoms with van der Waals surface area (Å²) in [7, 11) is 0. The highest BCUT2D eigenvalue weighted by Gasteiger charge is 1.99. The molecule has 6 heteroatoms. The Kier molecular flexibility index (Phi) is 52.5. The molecule has 2 amide bonds. The predicted octanol–water partition coefficient (Wildman–Crippen LogP) is 4.04. The van der Waals surface area contributed by atoms with Crippen LogP contribution in [0.25, 0.3) is 0 Å². The molecule has 0 heterocycles. The number of amides is 2. The largest absolute Gasteiger partial charge is 1.00 e. The molecule has 0 aromatic rings. The monoisotopic (exact) mass is 639 g/mol. The third kappa shape index (κ3) is 52.5. The maximum atomic E-state index is 10.7. The van der Waals surface area contributed by atoms with Crippen LogP contribution in [0, 0.1) is 0 Å². The molecule has 0 atom stereocenters. The van der Waals surface area contributed by atoms with Crippen LogP contribution in [-0.2, 0) is 9.59 Å². The molecule has 0 spiro atoms. The SMILES string of the molecule is CCCCCCCCCCCCCCCCCC([NH3+])=O.CCCCCCCCCCCCCCCCCC([NH3+])=O.[Cl-].[Cl-]. The lowest BCUT2D eigenvalue weighted by molar-refractivity contribution is -0.307. The number of quaternary nitrogens is 2. The van der Waals surface area contributed by atoms with E-state index in [0.29, 0.717) is 12.8 Å². The molecule has 0 aliphatic rings. The van der Waals surface area contributed by atoms with E-state index in [9.17, 15) is 9.59 Å². The molecule has 42 heavy (non-hydrogen) atoms. The summed E-state index contributed by atoms with van der Waals surface area (Å²) in [6, 6.07) is 0. The van der Waals surface area contributed by atoms with Gasteiger partial charge in [0, 0.05) is 0 Å². The van der Waals surface area contributed by atoms with Gasteiger partial charge < -0.3 is 24.8 Å².